The first kappa shape index (κ1) is 29.9. The highest BCUT2D eigenvalue weighted by Crippen LogP contribution is 2.39. The fourth-order valence-electron chi connectivity index (χ4n) is 4.32. The third-order valence-corrected chi connectivity index (χ3v) is 6.06. The lowest BCUT2D eigenvalue weighted by atomic mass is 9.81. The Morgan fingerprint density at radius 2 is 1.07 bits per heavy atom. The first-order valence-corrected chi connectivity index (χ1v) is 13.4. The molecule has 0 aliphatic heterocycles. The Labute approximate surface area is 191 Å². The quantitative estimate of drug-likeness (QED) is 0.143. The molecule has 1 atom stereocenters. The van der Waals surface area contributed by atoms with Crippen LogP contribution in [0.1, 0.15) is 133 Å². The lowest BCUT2D eigenvalue weighted by molar-refractivity contribution is -0.281. The molecule has 0 heterocycles. The largest absolute Gasteiger partial charge is 0.350 e. The van der Waals surface area contributed by atoms with Crippen molar-refractivity contribution in [1.29, 1.82) is 0 Å². The highest BCUT2D eigenvalue weighted by atomic mass is 16.7. The van der Waals surface area contributed by atoms with Gasteiger partial charge in [-0.15, -0.1) is 0 Å². The number of ether oxygens (including phenoxy) is 2. The van der Waals surface area contributed by atoms with Crippen molar-refractivity contribution in [3.05, 3.63) is 0 Å². The van der Waals surface area contributed by atoms with Crippen LogP contribution in [-0.4, -0.2) is 19.0 Å². The summed E-state index contributed by atoms with van der Waals surface area (Å²) in [7, 11) is 0. The van der Waals surface area contributed by atoms with Crippen LogP contribution in [0, 0.1) is 29.6 Å². The molecule has 0 N–H and O–H groups in total. The molecule has 0 amide bonds. The molecule has 0 bridgehead atoms. The summed E-state index contributed by atoms with van der Waals surface area (Å²) in [5.41, 5.74) is 0. The Morgan fingerprint density at radius 3 is 1.50 bits per heavy atom. The van der Waals surface area contributed by atoms with Crippen LogP contribution in [0.15, 0.2) is 0 Å². The van der Waals surface area contributed by atoms with E-state index in [1.165, 1.54) is 51.4 Å². The highest BCUT2D eigenvalue weighted by Gasteiger charge is 2.41. The van der Waals surface area contributed by atoms with E-state index in [0.717, 1.165) is 32.5 Å². The van der Waals surface area contributed by atoms with Gasteiger partial charge in [0, 0.05) is 12.3 Å². The second-order valence-corrected chi connectivity index (χ2v) is 11.4. The van der Waals surface area contributed by atoms with E-state index in [4.69, 9.17) is 9.47 Å². The zero-order chi connectivity index (χ0) is 23.0. The molecule has 30 heavy (non-hydrogen) atoms. The standard InChI is InChI=1S/C28H58O2/c1-10-11-12-13-14-15-16-27(21-25(6)7)28(22-26(8)9,29-19-17-23(2)3)30-20-18-24(4)5/h23-27H,10-22H2,1-9H3. The molecule has 0 aliphatic rings. The Morgan fingerprint density at radius 1 is 0.567 bits per heavy atom. The normalized spacial score (nSPS) is 13.9. The minimum Gasteiger partial charge on any atom is -0.350 e. The molecular weight excluding hydrogens is 368 g/mol. The molecular formula is C28H58O2. The molecule has 0 radical (unpaired) electrons. The van der Waals surface area contributed by atoms with Crippen LogP contribution in [-0.2, 0) is 9.47 Å². The third kappa shape index (κ3) is 14.8. The van der Waals surface area contributed by atoms with Crippen molar-refractivity contribution in [3.63, 3.8) is 0 Å². The Hall–Kier alpha value is -0.0800. The molecule has 0 aliphatic carbocycles. The van der Waals surface area contributed by atoms with Gasteiger partial charge in [0.25, 0.3) is 0 Å². The van der Waals surface area contributed by atoms with E-state index in [-0.39, 0.29) is 0 Å². The summed E-state index contributed by atoms with van der Waals surface area (Å²) in [5, 5.41) is 0. The molecule has 1 unspecified atom stereocenters. The minimum absolute atomic E-state index is 0.411. The van der Waals surface area contributed by atoms with Crippen LogP contribution < -0.4 is 0 Å². The van der Waals surface area contributed by atoms with E-state index < -0.39 is 5.79 Å². The molecule has 0 aromatic carbocycles. The molecule has 0 fully saturated rings. The van der Waals surface area contributed by atoms with Crippen LogP contribution in [0.3, 0.4) is 0 Å². The molecule has 0 aromatic rings. The Balaban J connectivity index is 5.40. The SMILES string of the molecule is CCCCCCCCC(CC(C)C)C(CC(C)C)(OCCC(C)C)OCCC(C)C. The van der Waals surface area contributed by atoms with Crippen molar-refractivity contribution < 1.29 is 9.47 Å². The van der Waals surface area contributed by atoms with Crippen molar-refractivity contribution in [2.45, 2.75) is 139 Å². The van der Waals surface area contributed by atoms with Crippen molar-refractivity contribution in [3.8, 4) is 0 Å². The van der Waals surface area contributed by atoms with Crippen LogP contribution in [0.5, 0.6) is 0 Å². The predicted molar refractivity (Wildman–Crippen MR) is 134 cm³/mol. The van der Waals surface area contributed by atoms with Gasteiger partial charge < -0.3 is 9.47 Å². The molecule has 0 saturated heterocycles. The van der Waals surface area contributed by atoms with Crippen molar-refractivity contribution in [1.82, 2.24) is 0 Å². The first-order chi connectivity index (χ1) is 14.1. The summed E-state index contributed by atoms with van der Waals surface area (Å²) in [6, 6.07) is 0. The number of rotatable bonds is 20. The van der Waals surface area contributed by atoms with Gasteiger partial charge in [0.15, 0.2) is 5.79 Å². The van der Waals surface area contributed by atoms with Gasteiger partial charge in [-0.05, 0) is 49.4 Å². The van der Waals surface area contributed by atoms with Crippen molar-refractivity contribution >= 4 is 0 Å². The lowest BCUT2D eigenvalue weighted by Gasteiger charge is -2.43. The Kier molecular flexibility index (Phi) is 17.4. The topological polar surface area (TPSA) is 18.5 Å². The molecule has 0 rings (SSSR count). The number of hydrogen-bond acceptors (Lipinski definition) is 2. The van der Waals surface area contributed by atoms with Crippen LogP contribution >= 0.6 is 0 Å². The van der Waals surface area contributed by atoms with Gasteiger partial charge in [-0.2, -0.15) is 0 Å². The first-order valence-electron chi connectivity index (χ1n) is 13.4. The lowest BCUT2D eigenvalue weighted by Crippen LogP contribution is -2.46. The van der Waals surface area contributed by atoms with Gasteiger partial charge >= 0.3 is 0 Å². The second kappa shape index (κ2) is 17.5. The summed E-state index contributed by atoms with van der Waals surface area (Å²) in [4.78, 5) is 0. The van der Waals surface area contributed by atoms with Gasteiger partial charge in [-0.3, -0.25) is 0 Å². The molecule has 0 saturated carbocycles. The van der Waals surface area contributed by atoms with Gasteiger partial charge in [0.1, 0.15) is 0 Å². The zero-order valence-electron chi connectivity index (χ0n) is 22.4. The van der Waals surface area contributed by atoms with Gasteiger partial charge in [0.2, 0.25) is 0 Å². The molecule has 0 aromatic heterocycles. The van der Waals surface area contributed by atoms with Crippen molar-refractivity contribution in [2.75, 3.05) is 13.2 Å². The summed E-state index contributed by atoms with van der Waals surface area (Å²) >= 11 is 0. The van der Waals surface area contributed by atoms with E-state index >= 15 is 0 Å². The molecule has 182 valence electrons. The maximum Gasteiger partial charge on any atom is 0.171 e. The van der Waals surface area contributed by atoms with E-state index in [0.29, 0.717) is 29.6 Å². The summed E-state index contributed by atoms with van der Waals surface area (Å²) in [5.74, 6) is 2.65. The van der Waals surface area contributed by atoms with Crippen LogP contribution in [0.25, 0.3) is 0 Å². The summed E-state index contributed by atoms with van der Waals surface area (Å²) in [6.45, 7) is 22.4. The average molecular weight is 427 g/mol. The van der Waals surface area contributed by atoms with Gasteiger partial charge in [0.05, 0.1) is 13.2 Å². The molecule has 2 heteroatoms. The minimum atomic E-state index is -0.411. The van der Waals surface area contributed by atoms with Crippen LogP contribution in [0.2, 0.25) is 0 Å². The van der Waals surface area contributed by atoms with Crippen LogP contribution in [0.4, 0.5) is 0 Å². The molecule has 2 nitrogen and oxygen atoms in total. The van der Waals surface area contributed by atoms with E-state index in [1.807, 2.05) is 0 Å². The predicted octanol–water partition coefficient (Wildman–Crippen LogP) is 9.27. The fourth-order valence-corrected chi connectivity index (χ4v) is 4.32. The van der Waals surface area contributed by atoms with E-state index in [2.05, 4.69) is 62.3 Å². The van der Waals surface area contributed by atoms with E-state index in [9.17, 15) is 0 Å². The zero-order valence-corrected chi connectivity index (χ0v) is 22.4. The third-order valence-electron chi connectivity index (χ3n) is 6.06. The molecule has 0 spiro atoms. The van der Waals surface area contributed by atoms with E-state index in [1.54, 1.807) is 0 Å². The number of unbranched alkanes of at least 4 members (excludes halogenated alkanes) is 5. The van der Waals surface area contributed by atoms with Gasteiger partial charge in [-0.1, -0.05) is 101 Å². The summed E-state index contributed by atoms with van der Waals surface area (Å²) < 4.78 is 13.5. The number of hydrogen-bond donors (Lipinski definition) is 0. The second-order valence-electron chi connectivity index (χ2n) is 11.4. The van der Waals surface area contributed by atoms with Gasteiger partial charge in [-0.25, -0.2) is 0 Å². The monoisotopic (exact) mass is 426 g/mol. The maximum absolute atomic E-state index is 6.77. The maximum atomic E-state index is 6.77. The smallest absolute Gasteiger partial charge is 0.171 e. The highest BCUT2D eigenvalue weighted by molar-refractivity contribution is 4.83. The Bertz CT molecular complexity index is 359. The average Bonchev–Trinajstić information content (AvgIpc) is 2.61. The fraction of sp³-hybridized carbons (Fsp3) is 1.00. The van der Waals surface area contributed by atoms with Crippen molar-refractivity contribution in [2.24, 2.45) is 29.6 Å². The summed E-state index contributed by atoms with van der Waals surface area (Å²) in [6.07, 6.45) is 13.8.